The average Bonchev–Trinajstić information content (AvgIpc) is 3.26. The van der Waals surface area contributed by atoms with Gasteiger partial charge in [-0.1, -0.05) is 56.3 Å². The summed E-state index contributed by atoms with van der Waals surface area (Å²) < 4.78 is 33.9. The molecule has 0 spiro atoms. The molecule has 0 aromatic heterocycles. The first-order chi connectivity index (χ1) is 21.8. The topological polar surface area (TPSA) is 202 Å². The first-order valence-electron chi connectivity index (χ1n) is 14.4. The second kappa shape index (κ2) is 16.3. The van der Waals surface area contributed by atoms with E-state index in [1.165, 1.54) is 24.3 Å². The fourth-order valence-electron chi connectivity index (χ4n) is 5.31. The number of amides is 5. The second-order valence-electron chi connectivity index (χ2n) is 11.3. The summed E-state index contributed by atoms with van der Waals surface area (Å²) in [5.74, 6) is -6.42. The molecule has 0 radical (unpaired) electrons. The number of rotatable bonds is 13. The van der Waals surface area contributed by atoms with Crippen molar-refractivity contribution in [1.29, 1.82) is 0 Å². The number of anilines is 1. The second-order valence-corrected chi connectivity index (χ2v) is 12.7. The van der Waals surface area contributed by atoms with Crippen molar-refractivity contribution in [1.82, 2.24) is 15.7 Å². The summed E-state index contributed by atoms with van der Waals surface area (Å²) in [7, 11) is -4.70. The van der Waals surface area contributed by atoms with Crippen LogP contribution in [-0.4, -0.2) is 65.2 Å². The van der Waals surface area contributed by atoms with Gasteiger partial charge in [0.2, 0.25) is 17.7 Å². The number of nitrogens with zero attached hydrogens (tertiary/aromatic N) is 1. The third-order valence-electron chi connectivity index (χ3n) is 7.58. The number of hydrogen-bond donors (Lipinski definition) is 4. The molecular formula is C32H33N4NaO9S. The predicted molar refractivity (Wildman–Crippen MR) is 163 cm³/mol. The van der Waals surface area contributed by atoms with Gasteiger partial charge in [0, 0.05) is 18.7 Å². The Labute approximate surface area is 294 Å². The SMILES string of the molecule is CC(C)C[C@@H](C(=O)N[C@H](Cc1ccccc1)C(=O)Nc1ccc(S(=O)(=O)[O-])cc1)C(CN1C(=O)c2ccccc2C1=O)C(=O)NO.[Na+]. The Morgan fingerprint density at radius 1 is 0.809 bits per heavy atom. The largest absolute Gasteiger partial charge is 1.00 e. The van der Waals surface area contributed by atoms with Gasteiger partial charge >= 0.3 is 29.6 Å². The summed E-state index contributed by atoms with van der Waals surface area (Å²) in [6.45, 7) is 3.10. The summed E-state index contributed by atoms with van der Waals surface area (Å²) in [5.41, 5.74) is 2.70. The Morgan fingerprint density at radius 3 is 1.87 bits per heavy atom. The van der Waals surface area contributed by atoms with Crippen LogP contribution < -0.4 is 45.7 Å². The van der Waals surface area contributed by atoms with Crippen molar-refractivity contribution >= 4 is 45.3 Å². The maximum atomic E-state index is 14.0. The van der Waals surface area contributed by atoms with Crippen LogP contribution >= 0.6 is 0 Å². The van der Waals surface area contributed by atoms with Crippen molar-refractivity contribution in [3.05, 3.63) is 95.6 Å². The normalized spacial score (nSPS) is 14.4. The van der Waals surface area contributed by atoms with Crippen LogP contribution in [0.25, 0.3) is 0 Å². The Kier molecular flexibility index (Phi) is 13.0. The van der Waals surface area contributed by atoms with Crippen molar-refractivity contribution in [3.63, 3.8) is 0 Å². The van der Waals surface area contributed by atoms with Crippen LogP contribution in [0.3, 0.4) is 0 Å². The van der Waals surface area contributed by atoms with E-state index < -0.39 is 69.0 Å². The molecule has 4 N–H and O–H groups in total. The summed E-state index contributed by atoms with van der Waals surface area (Å²) in [6.07, 6.45) is 0.118. The zero-order valence-electron chi connectivity index (χ0n) is 26.0. The summed E-state index contributed by atoms with van der Waals surface area (Å²) in [5, 5.41) is 14.9. The van der Waals surface area contributed by atoms with Crippen LogP contribution in [0.2, 0.25) is 0 Å². The van der Waals surface area contributed by atoms with E-state index in [0.29, 0.717) is 5.56 Å². The molecule has 0 saturated heterocycles. The molecule has 3 aromatic rings. The fraction of sp³-hybridized carbons (Fsp3) is 0.281. The zero-order chi connectivity index (χ0) is 33.6. The molecule has 0 fully saturated rings. The van der Waals surface area contributed by atoms with E-state index >= 15 is 0 Å². The Morgan fingerprint density at radius 2 is 1.36 bits per heavy atom. The molecule has 3 atom stereocenters. The van der Waals surface area contributed by atoms with Crippen LogP contribution in [0.15, 0.2) is 83.8 Å². The van der Waals surface area contributed by atoms with E-state index in [4.69, 9.17) is 0 Å². The molecule has 4 rings (SSSR count). The number of benzene rings is 3. The van der Waals surface area contributed by atoms with E-state index in [2.05, 4.69) is 10.6 Å². The predicted octanol–water partition coefficient (Wildman–Crippen LogP) is -0.659. The molecule has 0 saturated carbocycles. The number of fused-ring (bicyclic) bond motifs is 1. The zero-order valence-corrected chi connectivity index (χ0v) is 28.8. The number of nitrogens with one attached hydrogen (secondary N) is 3. The van der Waals surface area contributed by atoms with Gasteiger partial charge in [-0.15, -0.1) is 0 Å². The Bertz CT molecular complexity index is 1700. The molecule has 242 valence electrons. The fourth-order valence-corrected chi connectivity index (χ4v) is 5.78. The number of hydrogen-bond acceptors (Lipinski definition) is 9. The number of carbonyl (C=O) groups excluding carboxylic acids is 5. The third kappa shape index (κ3) is 9.34. The van der Waals surface area contributed by atoms with E-state index in [1.54, 1.807) is 61.8 Å². The third-order valence-corrected chi connectivity index (χ3v) is 8.43. The van der Waals surface area contributed by atoms with Crippen molar-refractivity contribution in [3.8, 4) is 0 Å². The standard InChI is InChI=1S/C32H34N4O9S.Na/c1-19(2)16-25(26(29(38)35-42)18-36-31(40)23-10-6-7-11-24(23)32(36)41)28(37)34-27(17-20-8-4-3-5-9-20)30(39)33-21-12-14-22(15-13-21)46(43,44)45;/h3-15,19,25-27,42H,16-18H2,1-2H3,(H,33,39)(H,34,37)(H,35,38)(H,43,44,45);/q;+1/p-1/t25-,26?,27-;/m1./s1. The van der Waals surface area contributed by atoms with Crippen LogP contribution in [0, 0.1) is 17.8 Å². The van der Waals surface area contributed by atoms with Crippen LogP contribution in [0.1, 0.15) is 46.5 Å². The summed E-state index contributed by atoms with van der Waals surface area (Å²) in [6, 6.07) is 18.3. The number of hydroxylamine groups is 1. The monoisotopic (exact) mass is 672 g/mol. The van der Waals surface area contributed by atoms with Gasteiger partial charge in [0.1, 0.15) is 16.2 Å². The first kappa shape index (κ1) is 37.5. The minimum Gasteiger partial charge on any atom is -0.744 e. The van der Waals surface area contributed by atoms with Gasteiger partial charge < -0.3 is 15.2 Å². The average molecular weight is 673 g/mol. The molecule has 13 nitrogen and oxygen atoms in total. The van der Waals surface area contributed by atoms with Gasteiger partial charge in [-0.2, -0.15) is 0 Å². The smallest absolute Gasteiger partial charge is 0.744 e. The number of imide groups is 1. The molecule has 1 unspecified atom stereocenters. The molecular weight excluding hydrogens is 639 g/mol. The van der Waals surface area contributed by atoms with Crippen molar-refractivity contribution in [2.24, 2.45) is 17.8 Å². The summed E-state index contributed by atoms with van der Waals surface area (Å²) in [4.78, 5) is 67.1. The van der Waals surface area contributed by atoms with E-state index in [0.717, 1.165) is 17.0 Å². The molecule has 47 heavy (non-hydrogen) atoms. The van der Waals surface area contributed by atoms with Crippen molar-refractivity contribution in [2.45, 2.75) is 37.6 Å². The molecule has 1 aliphatic rings. The summed E-state index contributed by atoms with van der Waals surface area (Å²) >= 11 is 0. The minimum absolute atomic E-state index is 0. The molecule has 5 amide bonds. The quantitative estimate of drug-likeness (QED) is 0.0598. The molecule has 0 bridgehead atoms. The van der Waals surface area contributed by atoms with Gasteiger partial charge in [-0.25, -0.2) is 13.9 Å². The maximum Gasteiger partial charge on any atom is 1.00 e. The van der Waals surface area contributed by atoms with Gasteiger partial charge in [0.05, 0.1) is 27.9 Å². The van der Waals surface area contributed by atoms with E-state index in [9.17, 15) is 42.2 Å². The van der Waals surface area contributed by atoms with Crippen molar-refractivity contribution in [2.75, 3.05) is 11.9 Å². The molecule has 0 aliphatic carbocycles. The molecule has 1 aliphatic heterocycles. The minimum atomic E-state index is -4.70. The van der Waals surface area contributed by atoms with Gasteiger partial charge in [-0.05, 0) is 54.3 Å². The maximum absolute atomic E-state index is 14.0. The van der Waals surface area contributed by atoms with Crippen LogP contribution in [0.4, 0.5) is 5.69 Å². The van der Waals surface area contributed by atoms with E-state index in [1.807, 2.05) is 0 Å². The molecule has 3 aromatic carbocycles. The first-order valence-corrected chi connectivity index (χ1v) is 15.8. The van der Waals surface area contributed by atoms with E-state index in [-0.39, 0.29) is 65.1 Å². The Hall–Kier alpha value is -3.92. The van der Waals surface area contributed by atoms with Gasteiger partial charge in [-0.3, -0.25) is 34.1 Å². The Balaban J connectivity index is 0.00000600. The number of carbonyl (C=O) groups is 5. The molecule has 1 heterocycles. The van der Waals surface area contributed by atoms with Crippen LogP contribution in [-0.2, 0) is 30.9 Å². The van der Waals surface area contributed by atoms with Crippen LogP contribution in [0.5, 0.6) is 0 Å². The molecule has 15 heteroatoms. The van der Waals surface area contributed by atoms with Crippen molar-refractivity contribution < 1.29 is 71.7 Å². The van der Waals surface area contributed by atoms with Gasteiger partial charge in [0.25, 0.3) is 11.8 Å². The van der Waals surface area contributed by atoms with Gasteiger partial charge in [0.15, 0.2) is 0 Å².